The maximum Gasteiger partial charge on any atom is 0.330 e. The first-order chi connectivity index (χ1) is 27.4. The lowest BCUT2D eigenvalue weighted by Crippen LogP contribution is -2.15. The molecule has 4 aromatic rings. The maximum absolute atomic E-state index is 11.9. The molecular weight excluding hydrogens is 717 g/mol. The minimum Gasteiger partial charge on any atom is -0.463 e. The van der Waals surface area contributed by atoms with E-state index in [1.54, 1.807) is 0 Å². The van der Waals surface area contributed by atoms with Crippen LogP contribution in [0.1, 0.15) is 72.9 Å². The molecule has 0 saturated heterocycles. The van der Waals surface area contributed by atoms with E-state index in [9.17, 15) is 19.2 Å². The van der Waals surface area contributed by atoms with Crippen molar-refractivity contribution >= 4 is 23.9 Å². The average Bonchev–Trinajstić information content (AvgIpc) is 3.45. The van der Waals surface area contributed by atoms with Gasteiger partial charge < -0.3 is 18.9 Å². The van der Waals surface area contributed by atoms with E-state index in [1.165, 1.54) is 45.5 Å². The van der Waals surface area contributed by atoms with Gasteiger partial charge in [-0.1, -0.05) is 82.6 Å². The molecule has 0 radical (unpaired) electrons. The van der Waals surface area contributed by atoms with Gasteiger partial charge >= 0.3 is 23.9 Å². The fourth-order valence-corrected chi connectivity index (χ4v) is 7.16. The summed E-state index contributed by atoms with van der Waals surface area (Å²) in [4.78, 5) is 46.7. The Morgan fingerprint density at radius 1 is 0.474 bits per heavy atom. The van der Waals surface area contributed by atoms with Crippen LogP contribution in [0.2, 0.25) is 0 Å². The molecule has 0 heterocycles. The summed E-state index contributed by atoms with van der Waals surface area (Å²) in [6, 6.07) is 25.8. The highest BCUT2D eigenvalue weighted by molar-refractivity contribution is 5.86. The zero-order chi connectivity index (χ0) is 41.0. The summed E-state index contributed by atoms with van der Waals surface area (Å²) in [6.45, 7) is 19.2. The Kier molecular flexibility index (Phi) is 14.4. The Labute approximate surface area is 335 Å². The molecule has 0 N–H and O–H groups in total. The number of unbranched alkanes of at least 4 members (excludes halogenated alkanes) is 2. The predicted octanol–water partition coefficient (Wildman–Crippen LogP) is 9.89. The molecule has 57 heavy (non-hydrogen) atoms. The van der Waals surface area contributed by atoms with E-state index in [1.807, 2.05) is 18.2 Å². The Bertz CT molecular complexity index is 2100. The minimum absolute atomic E-state index is 0.0466. The van der Waals surface area contributed by atoms with Crippen molar-refractivity contribution in [3.8, 4) is 33.4 Å². The van der Waals surface area contributed by atoms with Crippen LogP contribution in [0.3, 0.4) is 0 Å². The minimum atomic E-state index is -0.521. The Morgan fingerprint density at radius 3 is 1.25 bits per heavy atom. The van der Waals surface area contributed by atoms with Crippen molar-refractivity contribution in [2.24, 2.45) is 0 Å². The molecule has 1 aliphatic carbocycles. The van der Waals surface area contributed by atoms with Gasteiger partial charge in [-0.3, -0.25) is 0 Å². The lowest BCUT2D eigenvalue weighted by atomic mass is 9.80. The summed E-state index contributed by atoms with van der Waals surface area (Å²) in [5.74, 6) is -1.86. The van der Waals surface area contributed by atoms with Gasteiger partial charge in [-0.15, -0.1) is 0 Å². The topological polar surface area (TPSA) is 105 Å². The number of carbonyl (C=O) groups is 4. The summed E-state index contributed by atoms with van der Waals surface area (Å²) in [6.07, 6.45) is 9.51. The van der Waals surface area contributed by atoms with E-state index in [0.29, 0.717) is 13.2 Å². The Balaban J connectivity index is 1.43. The summed E-state index contributed by atoms with van der Waals surface area (Å²) in [7, 11) is 0. The molecule has 0 bridgehead atoms. The van der Waals surface area contributed by atoms with Gasteiger partial charge in [0.2, 0.25) is 0 Å². The zero-order valence-corrected chi connectivity index (χ0v) is 32.9. The van der Waals surface area contributed by atoms with Gasteiger partial charge in [0.15, 0.2) is 0 Å². The Hall–Kier alpha value is -6.28. The van der Waals surface area contributed by atoms with Gasteiger partial charge in [0, 0.05) is 29.7 Å². The molecule has 0 spiro atoms. The number of ether oxygens (including phenoxy) is 4. The van der Waals surface area contributed by atoms with E-state index < -0.39 is 23.9 Å². The molecule has 0 aliphatic heterocycles. The van der Waals surface area contributed by atoms with Gasteiger partial charge in [0.1, 0.15) is 13.2 Å². The number of esters is 4. The normalized spacial score (nSPS) is 12.0. The van der Waals surface area contributed by atoms with Crippen LogP contribution in [0.25, 0.3) is 33.4 Å². The second kappa shape index (κ2) is 19.5. The lowest BCUT2D eigenvalue weighted by molar-refractivity contribution is -0.139. The van der Waals surface area contributed by atoms with Crippen LogP contribution in [-0.2, 0) is 69.6 Å². The SMILES string of the molecule is C=CC(=O)OCCCCc1cc(CCCCOC(=O)C=C)cc(-c2ccc3c(c2)C(C)(C)c2cc(-c4cc(COC(=O)C=C)cc(COC(=O)C=C)c4)ccc2-3)c1. The highest BCUT2D eigenvalue weighted by atomic mass is 16.5. The molecule has 0 amide bonds. The number of hydrogen-bond donors (Lipinski definition) is 0. The van der Waals surface area contributed by atoms with Crippen LogP contribution in [0.15, 0.2) is 123 Å². The molecule has 1 aliphatic rings. The van der Waals surface area contributed by atoms with E-state index in [-0.39, 0.29) is 18.6 Å². The summed E-state index contributed by atoms with van der Waals surface area (Å²) in [5, 5.41) is 0. The predicted molar refractivity (Wildman–Crippen MR) is 223 cm³/mol. The van der Waals surface area contributed by atoms with Crippen molar-refractivity contribution in [3.63, 3.8) is 0 Å². The van der Waals surface area contributed by atoms with Gasteiger partial charge in [0.25, 0.3) is 0 Å². The number of aryl methyl sites for hydroxylation is 2. The fourth-order valence-electron chi connectivity index (χ4n) is 7.16. The third-order valence-corrected chi connectivity index (χ3v) is 10.1. The lowest BCUT2D eigenvalue weighted by Gasteiger charge is -2.23. The molecule has 5 rings (SSSR count). The van der Waals surface area contributed by atoms with Crippen LogP contribution in [-0.4, -0.2) is 37.1 Å². The molecule has 8 heteroatoms. The molecule has 4 aromatic carbocycles. The number of rotatable bonds is 20. The molecule has 0 fully saturated rings. The fraction of sp³-hybridized carbons (Fsp3) is 0.265. The Morgan fingerprint density at radius 2 is 0.842 bits per heavy atom. The van der Waals surface area contributed by atoms with Gasteiger partial charge in [-0.2, -0.15) is 0 Å². The first-order valence-corrected chi connectivity index (χ1v) is 19.2. The van der Waals surface area contributed by atoms with Crippen LogP contribution < -0.4 is 0 Å². The maximum atomic E-state index is 11.9. The third-order valence-electron chi connectivity index (χ3n) is 10.1. The monoisotopic (exact) mass is 766 g/mol. The molecular formula is C49H50O8. The highest BCUT2D eigenvalue weighted by Gasteiger charge is 2.36. The van der Waals surface area contributed by atoms with Crippen LogP contribution in [0, 0.1) is 0 Å². The summed E-state index contributed by atoms with van der Waals surface area (Å²) < 4.78 is 21.1. The van der Waals surface area contributed by atoms with E-state index in [4.69, 9.17) is 18.9 Å². The molecule has 0 aromatic heterocycles. The quantitative estimate of drug-likeness (QED) is 0.0379. The van der Waals surface area contributed by atoms with Crippen molar-refractivity contribution in [3.05, 3.63) is 157 Å². The highest BCUT2D eigenvalue weighted by Crippen LogP contribution is 2.50. The zero-order valence-electron chi connectivity index (χ0n) is 32.9. The van der Waals surface area contributed by atoms with Crippen molar-refractivity contribution in [1.82, 2.24) is 0 Å². The molecule has 294 valence electrons. The number of carbonyl (C=O) groups excluding carboxylic acids is 4. The van der Waals surface area contributed by atoms with Crippen molar-refractivity contribution < 1.29 is 38.1 Å². The van der Waals surface area contributed by atoms with Gasteiger partial charge in [-0.25, -0.2) is 19.2 Å². The first-order valence-electron chi connectivity index (χ1n) is 19.2. The van der Waals surface area contributed by atoms with E-state index >= 15 is 0 Å². The van der Waals surface area contributed by atoms with Crippen molar-refractivity contribution in [1.29, 1.82) is 0 Å². The second-order valence-corrected chi connectivity index (χ2v) is 14.5. The molecule has 0 saturated carbocycles. The van der Waals surface area contributed by atoms with E-state index in [0.717, 1.165) is 84.1 Å². The largest absolute Gasteiger partial charge is 0.463 e. The summed E-state index contributed by atoms with van der Waals surface area (Å²) >= 11 is 0. The molecule has 0 atom stereocenters. The van der Waals surface area contributed by atoms with Crippen LogP contribution in [0.5, 0.6) is 0 Å². The summed E-state index contributed by atoms with van der Waals surface area (Å²) in [5.41, 5.74) is 12.6. The molecule has 8 nitrogen and oxygen atoms in total. The van der Waals surface area contributed by atoms with Crippen LogP contribution >= 0.6 is 0 Å². The standard InChI is InChI=1S/C49H50O8/c1-7-45(50)54-21-13-11-15-33-23-34(16-12-14-22-55-46(51)8-2)26-39(25-33)37-17-19-41-42-20-18-38(30-44(42)49(5,6)43(41)29-37)40-27-35(31-56-47(52)9-3)24-36(28-40)32-57-48(53)10-4/h7-10,17-20,23-30H,1-4,11-16,21-22,31-32H2,5-6H3. The third kappa shape index (κ3) is 10.9. The van der Waals surface area contributed by atoms with Gasteiger partial charge in [0.05, 0.1) is 13.2 Å². The molecule has 0 unspecified atom stereocenters. The number of hydrogen-bond acceptors (Lipinski definition) is 8. The smallest absolute Gasteiger partial charge is 0.330 e. The van der Waals surface area contributed by atoms with Crippen LogP contribution in [0.4, 0.5) is 0 Å². The van der Waals surface area contributed by atoms with Crippen molar-refractivity contribution in [2.75, 3.05) is 13.2 Å². The number of fused-ring (bicyclic) bond motifs is 3. The number of benzene rings is 4. The van der Waals surface area contributed by atoms with Crippen molar-refractivity contribution in [2.45, 2.75) is 71.0 Å². The average molecular weight is 767 g/mol. The van der Waals surface area contributed by atoms with E-state index in [2.05, 4.69) is 94.8 Å². The first kappa shape index (κ1) is 41.9. The van der Waals surface area contributed by atoms with Gasteiger partial charge in [-0.05, 0) is 136 Å². The second-order valence-electron chi connectivity index (χ2n) is 14.5.